The fourth-order valence-electron chi connectivity index (χ4n) is 2.20. The van der Waals surface area contributed by atoms with Crippen LogP contribution in [0.1, 0.15) is 13.8 Å². The first-order valence-electron chi connectivity index (χ1n) is 6.73. The first kappa shape index (κ1) is 15.4. The second-order valence-corrected chi connectivity index (χ2v) is 6.75. The molecule has 0 aliphatic carbocycles. The van der Waals surface area contributed by atoms with Crippen LogP contribution in [0.25, 0.3) is 10.8 Å². The largest absolute Gasteiger partial charge is 0.264 e. The second kappa shape index (κ2) is 6.20. The molecule has 0 spiro atoms. The van der Waals surface area contributed by atoms with Crippen molar-refractivity contribution in [3.8, 4) is 6.07 Å². The van der Waals surface area contributed by atoms with E-state index in [0.717, 1.165) is 5.39 Å². The average Bonchev–Trinajstić information content (AvgIpc) is 2.51. The maximum absolute atomic E-state index is 12.8. The van der Waals surface area contributed by atoms with Crippen LogP contribution in [0.4, 0.5) is 0 Å². The zero-order valence-corrected chi connectivity index (χ0v) is 12.8. The Labute approximate surface area is 124 Å². The molecular weight excluding hydrogens is 286 g/mol. The van der Waals surface area contributed by atoms with E-state index in [1.54, 1.807) is 44.4 Å². The fourth-order valence-corrected chi connectivity index (χ4v) is 3.95. The molecule has 0 bridgehead atoms. The minimum Gasteiger partial charge on any atom is -0.264 e. The summed E-state index contributed by atoms with van der Waals surface area (Å²) in [6.07, 6.45) is 3.22. The van der Waals surface area contributed by atoms with Crippen molar-refractivity contribution in [2.75, 3.05) is 13.1 Å². The van der Waals surface area contributed by atoms with E-state index in [4.69, 9.17) is 5.26 Å². The Morgan fingerprint density at radius 1 is 1.38 bits per heavy atom. The van der Waals surface area contributed by atoms with Gasteiger partial charge in [-0.15, -0.1) is 0 Å². The Bertz CT molecular complexity index is 776. The summed E-state index contributed by atoms with van der Waals surface area (Å²) in [5.41, 5.74) is 0. The van der Waals surface area contributed by atoms with Gasteiger partial charge < -0.3 is 0 Å². The van der Waals surface area contributed by atoms with Crippen LogP contribution >= 0.6 is 0 Å². The molecule has 1 aromatic carbocycles. The molecule has 1 heterocycles. The van der Waals surface area contributed by atoms with Gasteiger partial charge in [-0.2, -0.15) is 9.57 Å². The van der Waals surface area contributed by atoms with Crippen molar-refractivity contribution < 1.29 is 8.42 Å². The molecule has 0 N–H and O–H groups in total. The summed E-state index contributed by atoms with van der Waals surface area (Å²) in [7, 11) is -3.63. The first-order chi connectivity index (χ1) is 10.0. The third-order valence-corrected chi connectivity index (χ3v) is 5.31. The molecule has 0 amide bonds. The van der Waals surface area contributed by atoms with Crippen molar-refractivity contribution in [3.63, 3.8) is 0 Å². The number of fused-ring (bicyclic) bond motifs is 1. The van der Waals surface area contributed by atoms with Crippen molar-refractivity contribution in [2.24, 2.45) is 5.92 Å². The lowest BCUT2D eigenvalue weighted by Gasteiger charge is -2.22. The maximum atomic E-state index is 12.8. The van der Waals surface area contributed by atoms with Crippen LogP contribution in [0, 0.1) is 17.2 Å². The van der Waals surface area contributed by atoms with Gasteiger partial charge in [0.1, 0.15) is 0 Å². The van der Waals surface area contributed by atoms with E-state index in [1.165, 1.54) is 4.31 Å². The van der Waals surface area contributed by atoms with Gasteiger partial charge >= 0.3 is 0 Å². The van der Waals surface area contributed by atoms with Crippen LogP contribution < -0.4 is 0 Å². The Morgan fingerprint density at radius 3 is 2.81 bits per heavy atom. The molecule has 5 nitrogen and oxygen atoms in total. The van der Waals surface area contributed by atoms with Crippen LogP contribution in [-0.4, -0.2) is 30.8 Å². The van der Waals surface area contributed by atoms with Gasteiger partial charge in [0.2, 0.25) is 10.0 Å². The van der Waals surface area contributed by atoms with E-state index in [-0.39, 0.29) is 17.4 Å². The molecule has 0 radical (unpaired) electrons. The van der Waals surface area contributed by atoms with Crippen molar-refractivity contribution >= 4 is 20.8 Å². The maximum Gasteiger partial charge on any atom is 0.243 e. The van der Waals surface area contributed by atoms with Crippen LogP contribution in [0.2, 0.25) is 0 Å². The third-order valence-electron chi connectivity index (χ3n) is 3.31. The van der Waals surface area contributed by atoms with E-state index in [1.807, 2.05) is 6.07 Å². The Morgan fingerprint density at radius 2 is 2.14 bits per heavy atom. The summed E-state index contributed by atoms with van der Waals surface area (Å²) in [5, 5.41) is 10.3. The number of sulfonamides is 1. The average molecular weight is 303 g/mol. The molecule has 2 rings (SSSR count). The minimum atomic E-state index is -3.63. The standard InChI is InChI=1S/C15H17N3O2S/c1-3-18(11-12(2)9-16)21(19,20)15-6-4-5-13-10-17-8-7-14(13)15/h4-8,10,12H,3,11H2,1-2H3. The molecule has 0 aliphatic rings. The highest BCUT2D eigenvalue weighted by atomic mass is 32.2. The first-order valence-corrected chi connectivity index (χ1v) is 8.17. The molecule has 1 aromatic heterocycles. The summed E-state index contributed by atoms with van der Waals surface area (Å²) in [6, 6.07) is 8.90. The molecule has 0 saturated heterocycles. The van der Waals surface area contributed by atoms with Crippen molar-refractivity contribution in [2.45, 2.75) is 18.7 Å². The van der Waals surface area contributed by atoms with Crippen molar-refractivity contribution in [1.29, 1.82) is 5.26 Å². The van der Waals surface area contributed by atoms with Crippen LogP contribution in [0.3, 0.4) is 0 Å². The van der Waals surface area contributed by atoms with Crippen molar-refractivity contribution in [3.05, 3.63) is 36.7 Å². The highest BCUT2D eigenvalue weighted by Crippen LogP contribution is 2.25. The highest BCUT2D eigenvalue weighted by Gasteiger charge is 2.26. The predicted molar refractivity (Wildman–Crippen MR) is 81.0 cm³/mol. The van der Waals surface area contributed by atoms with E-state index in [2.05, 4.69) is 11.1 Å². The molecule has 1 atom stereocenters. The SMILES string of the molecule is CCN(CC(C)C#N)S(=O)(=O)c1cccc2cnccc12. The van der Waals surface area contributed by atoms with E-state index < -0.39 is 10.0 Å². The quantitative estimate of drug-likeness (QED) is 0.850. The number of rotatable bonds is 5. The predicted octanol–water partition coefficient (Wildman–Crippen LogP) is 2.41. The summed E-state index contributed by atoms with van der Waals surface area (Å²) < 4.78 is 27.0. The summed E-state index contributed by atoms with van der Waals surface area (Å²) in [5.74, 6) is -0.351. The molecule has 6 heteroatoms. The topological polar surface area (TPSA) is 74.1 Å². The molecular formula is C15H17N3O2S. The van der Waals surface area contributed by atoms with Gasteiger partial charge in [-0.1, -0.05) is 19.1 Å². The van der Waals surface area contributed by atoms with Crippen molar-refractivity contribution in [1.82, 2.24) is 9.29 Å². The minimum absolute atomic E-state index is 0.191. The van der Waals surface area contributed by atoms with Crippen LogP contribution in [0.5, 0.6) is 0 Å². The summed E-state index contributed by atoms with van der Waals surface area (Å²) in [4.78, 5) is 4.27. The second-order valence-electron chi connectivity index (χ2n) is 4.84. The van der Waals surface area contributed by atoms with E-state index >= 15 is 0 Å². The molecule has 21 heavy (non-hydrogen) atoms. The zero-order chi connectivity index (χ0) is 15.5. The Kier molecular flexibility index (Phi) is 4.56. The smallest absolute Gasteiger partial charge is 0.243 e. The van der Waals surface area contributed by atoms with E-state index in [9.17, 15) is 8.42 Å². The molecule has 110 valence electrons. The summed E-state index contributed by atoms with van der Waals surface area (Å²) in [6.45, 7) is 4.01. The number of aromatic nitrogens is 1. The molecule has 0 aliphatic heterocycles. The lowest BCUT2D eigenvalue weighted by molar-refractivity contribution is 0.400. The van der Waals surface area contributed by atoms with Gasteiger partial charge in [0.25, 0.3) is 0 Å². The van der Waals surface area contributed by atoms with Crippen LogP contribution in [-0.2, 0) is 10.0 Å². The van der Waals surface area contributed by atoms with E-state index in [0.29, 0.717) is 11.9 Å². The zero-order valence-electron chi connectivity index (χ0n) is 12.0. The fraction of sp³-hybridized carbons (Fsp3) is 0.333. The van der Waals surface area contributed by atoms with Gasteiger partial charge in [-0.05, 0) is 19.1 Å². The van der Waals surface area contributed by atoms with Gasteiger partial charge in [0.05, 0.1) is 16.9 Å². The molecule has 1 unspecified atom stereocenters. The summed E-state index contributed by atoms with van der Waals surface area (Å²) >= 11 is 0. The normalized spacial score (nSPS) is 13.2. The Hall–Kier alpha value is -1.97. The number of pyridine rings is 1. The molecule has 2 aromatic rings. The van der Waals surface area contributed by atoms with Gasteiger partial charge in [0.15, 0.2) is 0 Å². The van der Waals surface area contributed by atoms with Gasteiger partial charge in [-0.3, -0.25) is 4.98 Å². The van der Waals surface area contributed by atoms with Gasteiger partial charge in [-0.25, -0.2) is 8.42 Å². The number of hydrogen-bond donors (Lipinski definition) is 0. The Balaban J connectivity index is 2.53. The van der Waals surface area contributed by atoms with Crippen LogP contribution in [0.15, 0.2) is 41.6 Å². The monoisotopic (exact) mass is 303 g/mol. The molecule has 0 saturated carbocycles. The molecule has 0 fully saturated rings. The number of nitriles is 1. The number of nitrogens with zero attached hydrogens (tertiary/aromatic N) is 3. The lowest BCUT2D eigenvalue weighted by atomic mass is 10.2. The van der Waals surface area contributed by atoms with Gasteiger partial charge in [0, 0.05) is 36.3 Å². The lowest BCUT2D eigenvalue weighted by Crippen LogP contribution is -2.34. The third kappa shape index (κ3) is 3.04. The number of hydrogen-bond acceptors (Lipinski definition) is 4. The number of benzene rings is 1. The highest BCUT2D eigenvalue weighted by molar-refractivity contribution is 7.89.